The first kappa shape index (κ1) is 18.7. The van der Waals surface area contributed by atoms with Gasteiger partial charge < -0.3 is 9.84 Å². The van der Waals surface area contributed by atoms with Gasteiger partial charge in [-0.1, -0.05) is 36.3 Å². The fourth-order valence-electron chi connectivity index (χ4n) is 2.56. The van der Waals surface area contributed by atoms with E-state index in [1.807, 2.05) is 31.2 Å². The Morgan fingerprint density at radius 3 is 2.59 bits per heavy atom. The fourth-order valence-corrected chi connectivity index (χ4v) is 3.59. The number of carbonyl (C=O) groups excluding carboxylic acids is 1. The lowest BCUT2D eigenvalue weighted by Gasteiger charge is -2.11. The zero-order chi connectivity index (χ0) is 19.4. The van der Waals surface area contributed by atoms with Gasteiger partial charge in [0, 0.05) is 17.3 Å². The maximum Gasteiger partial charge on any atom is 0.263 e. The van der Waals surface area contributed by atoms with Crippen molar-refractivity contribution in [3.8, 4) is 0 Å². The summed E-state index contributed by atoms with van der Waals surface area (Å²) in [7, 11) is -3.89. The maximum atomic E-state index is 12.6. The van der Waals surface area contributed by atoms with Gasteiger partial charge in [0.05, 0.1) is 4.90 Å². The Morgan fingerprint density at radius 1 is 1.11 bits per heavy atom. The van der Waals surface area contributed by atoms with Crippen LogP contribution in [0, 0.1) is 6.92 Å². The molecule has 1 amide bonds. The molecule has 0 aliphatic carbocycles. The van der Waals surface area contributed by atoms with E-state index in [-0.39, 0.29) is 22.2 Å². The summed E-state index contributed by atoms with van der Waals surface area (Å²) in [6.07, 6.45) is 0.770. The van der Waals surface area contributed by atoms with Gasteiger partial charge in [-0.25, -0.2) is 8.42 Å². The van der Waals surface area contributed by atoms with Crippen LogP contribution in [0.3, 0.4) is 0 Å². The molecular weight excluding hydrogens is 366 g/mol. The molecule has 8 heteroatoms. The average molecular weight is 385 g/mol. The number of amides is 1. The van der Waals surface area contributed by atoms with E-state index in [1.54, 1.807) is 13.0 Å². The van der Waals surface area contributed by atoms with Gasteiger partial charge in [-0.15, -0.1) is 0 Å². The number of aromatic nitrogens is 1. The van der Waals surface area contributed by atoms with E-state index in [0.29, 0.717) is 11.4 Å². The van der Waals surface area contributed by atoms with Crippen LogP contribution in [0.5, 0.6) is 0 Å². The minimum Gasteiger partial charge on any atom is -0.360 e. The Hall–Kier alpha value is -3.13. The van der Waals surface area contributed by atoms with Gasteiger partial charge in [-0.2, -0.15) is 0 Å². The molecule has 0 bridgehead atoms. The number of sulfonamides is 1. The second-order valence-electron chi connectivity index (χ2n) is 5.92. The molecule has 0 atom stereocenters. The zero-order valence-electron chi connectivity index (χ0n) is 14.9. The summed E-state index contributed by atoms with van der Waals surface area (Å²) < 4.78 is 32.2. The molecule has 3 aromatic rings. The number of aryl methyl sites for hydroxylation is 2. The standard InChI is InChI=1S/C19H19N3O4S/c1-3-14-7-4-5-10-17(14)20-19(23)15-8-6-9-16(12-15)27(24,25)22-18-11-13(2)26-21-18/h4-12H,3H2,1-2H3,(H,20,23)(H,21,22). The second-order valence-corrected chi connectivity index (χ2v) is 7.60. The highest BCUT2D eigenvalue weighted by Gasteiger charge is 2.18. The van der Waals surface area contributed by atoms with Crippen molar-refractivity contribution < 1.29 is 17.7 Å². The summed E-state index contributed by atoms with van der Waals surface area (Å²) >= 11 is 0. The number of para-hydroxylation sites is 1. The number of anilines is 2. The van der Waals surface area contributed by atoms with Gasteiger partial charge in [0.15, 0.2) is 5.82 Å². The first-order valence-electron chi connectivity index (χ1n) is 8.34. The highest BCUT2D eigenvalue weighted by Crippen LogP contribution is 2.20. The SMILES string of the molecule is CCc1ccccc1NC(=O)c1cccc(S(=O)(=O)Nc2cc(C)on2)c1. The molecule has 0 saturated carbocycles. The predicted molar refractivity (Wildman–Crippen MR) is 102 cm³/mol. The van der Waals surface area contributed by atoms with Crippen LogP contribution >= 0.6 is 0 Å². The number of benzene rings is 2. The molecule has 0 saturated heterocycles. The lowest BCUT2D eigenvalue weighted by atomic mass is 10.1. The average Bonchev–Trinajstić information content (AvgIpc) is 3.06. The van der Waals surface area contributed by atoms with Crippen LogP contribution in [0.2, 0.25) is 0 Å². The van der Waals surface area contributed by atoms with Gasteiger partial charge in [0.25, 0.3) is 15.9 Å². The monoisotopic (exact) mass is 385 g/mol. The highest BCUT2D eigenvalue weighted by atomic mass is 32.2. The summed E-state index contributed by atoms with van der Waals surface area (Å²) in [5.74, 6) is 0.180. The van der Waals surface area contributed by atoms with E-state index >= 15 is 0 Å². The van der Waals surface area contributed by atoms with Gasteiger partial charge in [0.2, 0.25) is 0 Å². The lowest BCUT2D eigenvalue weighted by Crippen LogP contribution is -2.16. The van der Waals surface area contributed by atoms with Crippen LogP contribution in [-0.2, 0) is 16.4 Å². The Bertz CT molecular complexity index is 1070. The van der Waals surface area contributed by atoms with Crippen molar-refractivity contribution in [2.45, 2.75) is 25.2 Å². The quantitative estimate of drug-likeness (QED) is 0.675. The Morgan fingerprint density at radius 2 is 1.89 bits per heavy atom. The number of nitrogens with one attached hydrogen (secondary N) is 2. The zero-order valence-corrected chi connectivity index (χ0v) is 15.7. The highest BCUT2D eigenvalue weighted by molar-refractivity contribution is 7.92. The lowest BCUT2D eigenvalue weighted by molar-refractivity contribution is 0.102. The summed E-state index contributed by atoms with van der Waals surface area (Å²) in [6.45, 7) is 3.65. The van der Waals surface area contributed by atoms with Gasteiger partial charge in [-0.3, -0.25) is 9.52 Å². The topological polar surface area (TPSA) is 101 Å². The molecular formula is C19H19N3O4S. The van der Waals surface area contributed by atoms with E-state index in [9.17, 15) is 13.2 Å². The van der Waals surface area contributed by atoms with Crippen molar-refractivity contribution in [2.24, 2.45) is 0 Å². The third kappa shape index (κ3) is 4.35. The smallest absolute Gasteiger partial charge is 0.263 e. The van der Waals surface area contributed by atoms with Crippen LogP contribution in [0.15, 0.2) is 64.0 Å². The molecule has 7 nitrogen and oxygen atoms in total. The molecule has 0 radical (unpaired) electrons. The molecule has 0 aliphatic rings. The number of hydrogen-bond donors (Lipinski definition) is 2. The molecule has 2 aromatic carbocycles. The molecule has 0 fully saturated rings. The molecule has 3 rings (SSSR count). The summed E-state index contributed by atoms with van der Waals surface area (Å²) in [4.78, 5) is 12.5. The summed E-state index contributed by atoms with van der Waals surface area (Å²) in [5, 5.41) is 6.44. The van der Waals surface area contributed by atoms with Crippen LogP contribution in [0.1, 0.15) is 28.6 Å². The number of rotatable bonds is 6. The normalized spacial score (nSPS) is 11.2. The molecule has 2 N–H and O–H groups in total. The molecule has 1 aromatic heterocycles. The number of hydrogen-bond acceptors (Lipinski definition) is 5. The number of carbonyl (C=O) groups is 1. The van der Waals surface area contributed by atoms with E-state index in [1.165, 1.54) is 24.3 Å². The van der Waals surface area contributed by atoms with Gasteiger partial charge in [0.1, 0.15) is 5.76 Å². The number of nitrogens with zero attached hydrogens (tertiary/aromatic N) is 1. The third-order valence-electron chi connectivity index (χ3n) is 3.92. The van der Waals surface area contributed by atoms with Crippen molar-refractivity contribution in [3.63, 3.8) is 0 Å². The molecule has 0 aliphatic heterocycles. The summed E-state index contributed by atoms with van der Waals surface area (Å²) in [6, 6.07) is 14.7. The van der Waals surface area contributed by atoms with Crippen LogP contribution < -0.4 is 10.0 Å². The third-order valence-corrected chi connectivity index (χ3v) is 5.27. The maximum absolute atomic E-state index is 12.6. The van der Waals surface area contributed by atoms with E-state index in [4.69, 9.17) is 4.52 Å². The van der Waals surface area contributed by atoms with Crippen molar-refractivity contribution in [2.75, 3.05) is 10.0 Å². The Labute approximate surface area is 157 Å². The van der Waals surface area contributed by atoms with Crippen molar-refractivity contribution in [1.82, 2.24) is 5.16 Å². The fraction of sp³-hybridized carbons (Fsp3) is 0.158. The molecule has 140 valence electrons. The van der Waals surface area contributed by atoms with E-state index in [2.05, 4.69) is 15.2 Å². The molecule has 27 heavy (non-hydrogen) atoms. The van der Waals surface area contributed by atoms with Crippen LogP contribution in [0.4, 0.5) is 11.5 Å². The second kappa shape index (κ2) is 7.63. The van der Waals surface area contributed by atoms with E-state index in [0.717, 1.165) is 12.0 Å². The Balaban J connectivity index is 1.83. The molecule has 0 spiro atoms. The van der Waals surface area contributed by atoms with Gasteiger partial charge >= 0.3 is 0 Å². The summed E-state index contributed by atoms with van der Waals surface area (Å²) in [5.41, 5.74) is 1.94. The minimum atomic E-state index is -3.89. The van der Waals surface area contributed by atoms with Crippen LogP contribution in [-0.4, -0.2) is 19.5 Å². The van der Waals surface area contributed by atoms with Gasteiger partial charge in [-0.05, 0) is 43.2 Å². The minimum absolute atomic E-state index is 0.0421. The first-order valence-corrected chi connectivity index (χ1v) is 9.83. The first-order chi connectivity index (χ1) is 12.9. The molecule has 0 unspecified atom stereocenters. The Kier molecular flexibility index (Phi) is 5.27. The van der Waals surface area contributed by atoms with Crippen molar-refractivity contribution in [3.05, 3.63) is 71.5 Å². The van der Waals surface area contributed by atoms with E-state index < -0.39 is 10.0 Å². The molecule has 1 heterocycles. The predicted octanol–water partition coefficient (Wildman–Crippen LogP) is 3.60. The van der Waals surface area contributed by atoms with Crippen LogP contribution in [0.25, 0.3) is 0 Å². The van der Waals surface area contributed by atoms with Crippen molar-refractivity contribution >= 4 is 27.4 Å². The van der Waals surface area contributed by atoms with Crippen molar-refractivity contribution in [1.29, 1.82) is 0 Å². The largest absolute Gasteiger partial charge is 0.360 e.